The summed E-state index contributed by atoms with van der Waals surface area (Å²) in [4.78, 5) is 54.0. The minimum absolute atomic E-state index is 0.336. The quantitative estimate of drug-likeness (QED) is 0.181. The SMILES string of the molecule is NC(=O)O.O=C(O)CN(CCCCCCN(CC(=O)O)CC(=O)O)CC(=O)O. The van der Waals surface area contributed by atoms with Gasteiger partial charge >= 0.3 is 30.0 Å². The van der Waals surface area contributed by atoms with Crippen molar-refractivity contribution in [2.24, 2.45) is 5.73 Å². The first-order valence-corrected chi connectivity index (χ1v) is 8.24. The number of carboxylic acid groups (broad SMARTS) is 5. The van der Waals surface area contributed by atoms with Crippen molar-refractivity contribution in [1.29, 1.82) is 0 Å². The van der Waals surface area contributed by atoms with Crippen LogP contribution in [-0.4, -0.2) is 105 Å². The summed E-state index contributed by atoms with van der Waals surface area (Å²) in [7, 11) is 0. The van der Waals surface area contributed by atoms with E-state index >= 15 is 0 Å². The Morgan fingerprint density at radius 1 is 0.536 bits per heavy atom. The zero-order chi connectivity index (χ0) is 22.1. The van der Waals surface area contributed by atoms with E-state index in [0.29, 0.717) is 38.8 Å². The Bertz CT molecular complexity index is 450. The molecular formula is C15H27N3O10. The summed E-state index contributed by atoms with van der Waals surface area (Å²) in [5, 5.41) is 42.0. The average molecular weight is 409 g/mol. The van der Waals surface area contributed by atoms with Crippen molar-refractivity contribution >= 4 is 30.0 Å². The highest BCUT2D eigenvalue weighted by Crippen LogP contribution is 2.04. The molecule has 0 unspecified atom stereocenters. The van der Waals surface area contributed by atoms with Crippen molar-refractivity contribution in [3.05, 3.63) is 0 Å². The van der Waals surface area contributed by atoms with Gasteiger partial charge in [-0.05, 0) is 25.9 Å². The van der Waals surface area contributed by atoms with Crippen LogP contribution in [0.2, 0.25) is 0 Å². The number of rotatable bonds is 15. The summed E-state index contributed by atoms with van der Waals surface area (Å²) in [6, 6.07) is 0. The highest BCUT2D eigenvalue weighted by molar-refractivity contribution is 5.73. The molecule has 13 heteroatoms. The molecule has 0 aromatic heterocycles. The number of carbonyl (C=O) groups is 5. The van der Waals surface area contributed by atoms with Gasteiger partial charge in [0.15, 0.2) is 0 Å². The molecule has 28 heavy (non-hydrogen) atoms. The van der Waals surface area contributed by atoms with Crippen LogP contribution in [0.4, 0.5) is 4.79 Å². The highest BCUT2D eigenvalue weighted by Gasteiger charge is 2.14. The zero-order valence-corrected chi connectivity index (χ0v) is 15.3. The van der Waals surface area contributed by atoms with E-state index in [1.54, 1.807) is 0 Å². The Balaban J connectivity index is 0. The Kier molecular flexibility index (Phi) is 15.8. The lowest BCUT2D eigenvalue weighted by Crippen LogP contribution is -2.35. The van der Waals surface area contributed by atoms with Gasteiger partial charge < -0.3 is 31.3 Å². The molecule has 7 N–H and O–H groups in total. The van der Waals surface area contributed by atoms with Crippen LogP contribution in [0.1, 0.15) is 25.7 Å². The molecule has 0 spiro atoms. The standard InChI is InChI=1S/C14H24N2O8.CH3NO2/c17-11(18)7-15(8-12(19)20)5-3-1-2-4-6-16(9-13(21)22)10-14(23)24;2-1(3)4/h1-10H2,(H,17,18)(H,19,20)(H,21,22)(H,23,24);2H2,(H,3,4). The van der Waals surface area contributed by atoms with Crippen LogP contribution in [0.3, 0.4) is 0 Å². The highest BCUT2D eigenvalue weighted by atomic mass is 16.4. The lowest BCUT2D eigenvalue weighted by atomic mass is 10.1. The van der Waals surface area contributed by atoms with Crippen LogP contribution in [-0.2, 0) is 19.2 Å². The molecule has 13 nitrogen and oxygen atoms in total. The van der Waals surface area contributed by atoms with Crippen LogP contribution in [0.15, 0.2) is 0 Å². The molecule has 0 saturated carbocycles. The first-order chi connectivity index (χ1) is 12.9. The number of nitrogens with zero attached hydrogens (tertiary/aromatic N) is 2. The third-order valence-electron chi connectivity index (χ3n) is 3.13. The molecule has 162 valence electrons. The number of carboxylic acids is 4. The molecule has 0 bridgehead atoms. The van der Waals surface area contributed by atoms with E-state index in [1.807, 2.05) is 0 Å². The maximum absolute atomic E-state index is 10.6. The first kappa shape index (κ1) is 27.3. The van der Waals surface area contributed by atoms with E-state index in [1.165, 1.54) is 9.80 Å². The number of nitrogens with two attached hydrogens (primary N) is 1. The molecule has 0 saturated heterocycles. The molecule has 0 aliphatic carbocycles. The predicted octanol–water partition coefficient (Wildman–Crippen LogP) is -0.888. The first-order valence-electron chi connectivity index (χ1n) is 8.24. The molecule has 0 aromatic rings. The molecular weight excluding hydrogens is 382 g/mol. The molecule has 0 aromatic carbocycles. The molecule has 0 aliphatic heterocycles. The van der Waals surface area contributed by atoms with Crippen molar-refractivity contribution in [2.45, 2.75) is 25.7 Å². The number of hydrogen-bond acceptors (Lipinski definition) is 7. The van der Waals surface area contributed by atoms with Gasteiger partial charge in [0.05, 0.1) is 26.2 Å². The summed E-state index contributed by atoms with van der Waals surface area (Å²) >= 11 is 0. The van der Waals surface area contributed by atoms with Gasteiger partial charge in [-0.2, -0.15) is 0 Å². The number of primary amides is 1. The molecule has 0 atom stereocenters. The zero-order valence-electron chi connectivity index (χ0n) is 15.3. The van der Waals surface area contributed by atoms with Crippen LogP contribution in [0, 0.1) is 0 Å². The Labute approximate surface area is 160 Å². The van der Waals surface area contributed by atoms with Crippen molar-refractivity contribution in [1.82, 2.24) is 9.80 Å². The number of aliphatic carboxylic acids is 4. The van der Waals surface area contributed by atoms with E-state index in [9.17, 15) is 19.2 Å². The number of unbranched alkanes of at least 4 members (excludes halogenated alkanes) is 3. The van der Waals surface area contributed by atoms with Gasteiger partial charge in [-0.3, -0.25) is 29.0 Å². The third-order valence-corrected chi connectivity index (χ3v) is 3.13. The Morgan fingerprint density at radius 3 is 0.929 bits per heavy atom. The predicted molar refractivity (Wildman–Crippen MR) is 94.1 cm³/mol. The summed E-state index contributed by atoms with van der Waals surface area (Å²) < 4.78 is 0. The van der Waals surface area contributed by atoms with Crippen LogP contribution in [0.5, 0.6) is 0 Å². The largest absolute Gasteiger partial charge is 0.480 e. The summed E-state index contributed by atoms with van der Waals surface area (Å²) in [5.74, 6) is -4.35. The van der Waals surface area contributed by atoms with E-state index in [0.717, 1.165) is 0 Å². The van der Waals surface area contributed by atoms with E-state index < -0.39 is 30.0 Å². The van der Waals surface area contributed by atoms with E-state index in [4.69, 9.17) is 30.3 Å². The van der Waals surface area contributed by atoms with E-state index in [2.05, 4.69) is 5.73 Å². The van der Waals surface area contributed by atoms with Crippen molar-refractivity contribution in [2.75, 3.05) is 39.3 Å². The molecule has 0 radical (unpaired) electrons. The maximum Gasteiger partial charge on any atom is 0.402 e. The Morgan fingerprint density at radius 2 is 0.750 bits per heavy atom. The van der Waals surface area contributed by atoms with Crippen LogP contribution in [0.25, 0.3) is 0 Å². The molecule has 0 fully saturated rings. The topological polar surface area (TPSA) is 219 Å². The van der Waals surface area contributed by atoms with Gasteiger partial charge in [-0.25, -0.2) is 4.79 Å². The van der Waals surface area contributed by atoms with Gasteiger partial charge in [0.25, 0.3) is 0 Å². The maximum atomic E-state index is 10.6. The fourth-order valence-corrected chi connectivity index (χ4v) is 2.22. The minimum Gasteiger partial charge on any atom is -0.480 e. The summed E-state index contributed by atoms with van der Waals surface area (Å²) in [6.45, 7) is -0.664. The summed E-state index contributed by atoms with van der Waals surface area (Å²) in [5.41, 5.74) is 4.03. The van der Waals surface area contributed by atoms with Gasteiger partial charge in [0, 0.05) is 0 Å². The van der Waals surface area contributed by atoms with Gasteiger partial charge in [0.1, 0.15) is 0 Å². The van der Waals surface area contributed by atoms with Gasteiger partial charge in [-0.1, -0.05) is 12.8 Å². The van der Waals surface area contributed by atoms with E-state index in [-0.39, 0.29) is 26.2 Å². The molecule has 0 heterocycles. The number of amides is 1. The fraction of sp³-hybridized carbons (Fsp3) is 0.667. The third kappa shape index (κ3) is 23.1. The second-order valence-electron chi connectivity index (χ2n) is 5.75. The smallest absolute Gasteiger partial charge is 0.402 e. The van der Waals surface area contributed by atoms with Crippen LogP contribution < -0.4 is 5.73 Å². The summed E-state index contributed by atoms with van der Waals surface area (Å²) in [6.07, 6.45) is 1.31. The van der Waals surface area contributed by atoms with Crippen LogP contribution >= 0.6 is 0 Å². The second kappa shape index (κ2) is 16.3. The normalized spacial score (nSPS) is 10.2. The molecule has 0 rings (SSSR count). The van der Waals surface area contributed by atoms with Crippen molar-refractivity contribution in [3.8, 4) is 0 Å². The second-order valence-corrected chi connectivity index (χ2v) is 5.75. The fourth-order valence-electron chi connectivity index (χ4n) is 2.22. The average Bonchev–Trinajstić information content (AvgIpc) is 2.47. The van der Waals surface area contributed by atoms with Crippen molar-refractivity contribution in [3.63, 3.8) is 0 Å². The monoisotopic (exact) mass is 409 g/mol. The van der Waals surface area contributed by atoms with Gasteiger partial charge in [-0.15, -0.1) is 0 Å². The molecule has 0 aliphatic rings. The Hall–Kier alpha value is -2.93. The van der Waals surface area contributed by atoms with Gasteiger partial charge in [0.2, 0.25) is 0 Å². The molecule has 1 amide bonds. The number of hydrogen-bond donors (Lipinski definition) is 6. The van der Waals surface area contributed by atoms with Crippen molar-refractivity contribution < 1.29 is 49.5 Å². The lowest BCUT2D eigenvalue weighted by molar-refractivity contribution is -0.143. The minimum atomic E-state index is -1.33. The lowest BCUT2D eigenvalue weighted by Gasteiger charge is -2.19.